The molecule has 0 aliphatic rings. The van der Waals surface area contributed by atoms with Crippen LogP contribution in [0, 0.1) is 0 Å². The molecule has 0 aliphatic heterocycles. The molecular weight excluding hydrogens is 362 g/mol. The first-order valence-electron chi connectivity index (χ1n) is 3.29. The van der Waals surface area contributed by atoms with Crippen molar-refractivity contribution in [2.45, 2.75) is 4.43 Å². The molecule has 0 spiro atoms. The minimum absolute atomic E-state index is 1.08. The summed E-state index contributed by atoms with van der Waals surface area (Å²) in [5.74, 6) is 0. The molecule has 1 aromatic carbocycles. The molecule has 0 aromatic heterocycles. The fourth-order valence-electron chi connectivity index (χ4n) is 0.886. The third kappa shape index (κ3) is 2.74. The van der Waals surface area contributed by atoms with Crippen LogP contribution < -0.4 is 0 Å². The van der Waals surface area contributed by atoms with Crippen LogP contribution in [0.4, 0.5) is 0 Å². The van der Waals surface area contributed by atoms with Crippen molar-refractivity contribution < 1.29 is 0 Å². The first kappa shape index (κ1) is 9.51. The Kier molecular flexibility index (Phi) is 4.44. The lowest BCUT2D eigenvalue weighted by Crippen LogP contribution is -1.81. The summed E-state index contributed by atoms with van der Waals surface area (Å²) in [7, 11) is 0. The van der Waals surface area contributed by atoms with Crippen LogP contribution in [-0.2, 0) is 4.43 Å². The van der Waals surface area contributed by atoms with Crippen LogP contribution in [0.25, 0.3) is 6.08 Å². The maximum Gasteiger partial charge on any atom is 0.0253 e. The quantitative estimate of drug-likeness (QED) is 0.545. The van der Waals surface area contributed by atoms with E-state index in [4.69, 9.17) is 0 Å². The zero-order valence-electron chi connectivity index (χ0n) is 5.93. The molecule has 0 heterocycles. The van der Waals surface area contributed by atoms with E-state index in [0.717, 1.165) is 4.43 Å². The summed E-state index contributed by atoms with van der Waals surface area (Å²) in [6, 6.07) is 8.46. The van der Waals surface area contributed by atoms with Crippen LogP contribution in [-0.4, -0.2) is 0 Å². The van der Waals surface area contributed by atoms with Gasteiger partial charge in [-0.25, -0.2) is 0 Å². The van der Waals surface area contributed by atoms with Crippen LogP contribution in [0.2, 0.25) is 0 Å². The standard InChI is InChI=1S/C9H8I2/c10-6-5-8-3-1-2-4-9(8)7-11/h1-6H,7H2/b6-5-. The van der Waals surface area contributed by atoms with Crippen molar-refractivity contribution >= 4 is 51.3 Å². The Hall–Kier alpha value is 0.420. The molecule has 0 saturated carbocycles. The van der Waals surface area contributed by atoms with Gasteiger partial charge in [0, 0.05) is 4.43 Å². The van der Waals surface area contributed by atoms with E-state index in [2.05, 4.69) is 75.5 Å². The van der Waals surface area contributed by atoms with E-state index in [1.807, 2.05) is 4.08 Å². The van der Waals surface area contributed by atoms with E-state index in [0.29, 0.717) is 0 Å². The maximum atomic E-state index is 2.38. The second kappa shape index (κ2) is 5.13. The molecular formula is C9H8I2. The summed E-state index contributed by atoms with van der Waals surface area (Å²) >= 11 is 4.62. The molecule has 0 fully saturated rings. The fourth-order valence-corrected chi connectivity index (χ4v) is 1.97. The second-order valence-corrected chi connectivity index (χ2v) is 3.61. The Morgan fingerprint density at radius 1 is 1.27 bits per heavy atom. The maximum absolute atomic E-state index is 2.38. The van der Waals surface area contributed by atoms with Crippen molar-refractivity contribution in [2.75, 3.05) is 0 Å². The first-order chi connectivity index (χ1) is 5.38. The van der Waals surface area contributed by atoms with E-state index in [1.54, 1.807) is 0 Å². The van der Waals surface area contributed by atoms with Gasteiger partial charge in [-0.05, 0) is 21.3 Å². The van der Waals surface area contributed by atoms with Gasteiger partial charge >= 0.3 is 0 Å². The Bertz CT molecular complexity index is 253. The lowest BCUT2D eigenvalue weighted by Gasteiger charge is -1.99. The minimum atomic E-state index is 1.08. The third-order valence-electron chi connectivity index (χ3n) is 1.44. The van der Waals surface area contributed by atoms with Gasteiger partial charge in [-0.15, -0.1) is 0 Å². The van der Waals surface area contributed by atoms with Crippen molar-refractivity contribution in [1.82, 2.24) is 0 Å². The lowest BCUT2D eigenvalue weighted by molar-refractivity contribution is 1.43. The van der Waals surface area contributed by atoms with Gasteiger partial charge in [0.2, 0.25) is 0 Å². The summed E-state index contributed by atoms with van der Waals surface area (Å²) < 4.78 is 3.12. The topological polar surface area (TPSA) is 0 Å². The number of benzene rings is 1. The molecule has 1 aromatic rings. The lowest BCUT2D eigenvalue weighted by atomic mass is 10.1. The van der Waals surface area contributed by atoms with E-state index in [-0.39, 0.29) is 0 Å². The molecule has 0 aliphatic carbocycles. The molecule has 0 amide bonds. The molecule has 2 heteroatoms. The van der Waals surface area contributed by atoms with Crippen LogP contribution >= 0.6 is 45.2 Å². The van der Waals surface area contributed by atoms with Crippen LogP contribution in [0.5, 0.6) is 0 Å². The predicted octanol–water partition coefficient (Wildman–Crippen LogP) is 4.03. The van der Waals surface area contributed by atoms with E-state index in [9.17, 15) is 0 Å². The van der Waals surface area contributed by atoms with Gasteiger partial charge < -0.3 is 0 Å². The fraction of sp³-hybridized carbons (Fsp3) is 0.111. The summed E-state index contributed by atoms with van der Waals surface area (Å²) in [6.45, 7) is 0. The second-order valence-electron chi connectivity index (χ2n) is 2.13. The van der Waals surface area contributed by atoms with Crippen molar-refractivity contribution in [2.24, 2.45) is 0 Å². The molecule has 0 N–H and O–H groups in total. The third-order valence-corrected chi connectivity index (χ3v) is 2.62. The number of rotatable bonds is 2. The van der Waals surface area contributed by atoms with Gasteiger partial charge in [-0.1, -0.05) is 69.4 Å². The molecule has 58 valence electrons. The minimum Gasteiger partial charge on any atom is -0.0812 e. The van der Waals surface area contributed by atoms with Crippen molar-refractivity contribution in [3.8, 4) is 0 Å². The highest BCUT2D eigenvalue weighted by molar-refractivity contribution is 14.1. The van der Waals surface area contributed by atoms with E-state index < -0.39 is 0 Å². The number of halogens is 2. The van der Waals surface area contributed by atoms with Gasteiger partial charge in [0.1, 0.15) is 0 Å². The summed E-state index contributed by atoms with van der Waals surface area (Å²) in [5.41, 5.74) is 2.73. The molecule has 0 saturated heterocycles. The number of alkyl halides is 1. The van der Waals surface area contributed by atoms with Crippen molar-refractivity contribution in [3.05, 3.63) is 39.5 Å². The Balaban J connectivity index is 3.02. The number of hydrogen-bond donors (Lipinski definition) is 0. The highest BCUT2D eigenvalue weighted by Gasteiger charge is 1.93. The van der Waals surface area contributed by atoms with Crippen molar-refractivity contribution in [1.29, 1.82) is 0 Å². The normalized spacial score (nSPS) is 10.7. The van der Waals surface area contributed by atoms with Gasteiger partial charge in [0.25, 0.3) is 0 Å². The highest BCUT2D eigenvalue weighted by Crippen LogP contribution is 2.14. The summed E-state index contributed by atoms with van der Waals surface area (Å²) in [5, 5.41) is 0. The van der Waals surface area contributed by atoms with E-state index in [1.165, 1.54) is 11.1 Å². The average molecular weight is 370 g/mol. The zero-order chi connectivity index (χ0) is 8.10. The molecule has 11 heavy (non-hydrogen) atoms. The predicted molar refractivity (Wildman–Crippen MR) is 67.2 cm³/mol. The number of hydrogen-bond acceptors (Lipinski definition) is 0. The van der Waals surface area contributed by atoms with Crippen molar-refractivity contribution in [3.63, 3.8) is 0 Å². The Morgan fingerprint density at radius 3 is 2.64 bits per heavy atom. The highest BCUT2D eigenvalue weighted by atomic mass is 127. The summed E-state index contributed by atoms with van der Waals surface area (Å²) in [6.07, 6.45) is 2.13. The Labute approximate surface area is 94.4 Å². The Morgan fingerprint density at radius 2 is 2.00 bits per heavy atom. The summed E-state index contributed by atoms with van der Waals surface area (Å²) in [4.78, 5) is 0. The van der Waals surface area contributed by atoms with Crippen LogP contribution in [0.1, 0.15) is 11.1 Å². The zero-order valence-corrected chi connectivity index (χ0v) is 10.2. The van der Waals surface area contributed by atoms with Gasteiger partial charge in [0.15, 0.2) is 0 Å². The van der Waals surface area contributed by atoms with Crippen LogP contribution in [0.15, 0.2) is 28.3 Å². The first-order valence-corrected chi connectivity index (χ1v) is 6.06. The van der Waals surface area contributed by atoms with Crippen LogP contribution in [0.3, 0.4) is 0 Å². The molecule has 0 nitrogen and oxygen atoms in total. The van der Waals surface area contributed by atoms with Gasteiger partial charge in [-0.2, -0.15) is 0 Å². The smallest absolute Gasteiger partial charge is 0.0253 e. The van der Waals surface area contributed by atoms with Gasteiger partial charge in [-0.3, -0.25) is 0 Å². The molecule has 1 rings (SSSR count). The largest absolute Gasteiger partial charge is 0.0812 e. The SMILES string of the molecule is I/C=C\c1ccccc1CI. The molecule has 0 atom stereocenters. The molecule has 0 radical (unpaired) electrons. The van der Waals surface area contributed by atoms with E-state index >= 15 is 0 Å². The monoisotopic (exact) mass is 370 g/mol. The average Bonchev–Trinajstić information content (AvgIpc) is 2.06. The molecule has 0 bridgehead atoms. The molecule has 0 unspecified atom stereocenters. The van der Waals surface area contributed by atoms with Gasteiger partial charge in [0.05, 0.1) is 0 Å².